The zero-order valence-corrected chi connectivity index (χ0v) is 28.5. The van der Waals surface area contributed by atoms with Gasteiger partial charge in [0, 0.05) is 40.3 Å². The first-order valence-electron chi connectivity index (χ1n) is 11.7. The molecule has 0 saturated heterocycles. The zero-order valence-electron chi connectivity index (χ0n) is 22.0. The van der Waals surface area contributed by atoms with E-state index in [0.717, 1.165) is 46.3 Å². The Morgan fingerprint density at radius 1 is 0.800 bits per heavy atom. The molecular formula is C20H38N4O8S8. The number of aliphatic imine (C=N–C) groups is 2. The van der Waals surface area contributed by atoms with Gasteiger partial charge in [0.15, 0.2) is 0 Å². The molecule has 0 saturated carbocycles. The van der Waals surface area contributed by atoms with Crippen molar-refractivity contribution in [1.82, 2.24) is 10.6 Å². The number of hydrogen-bond donors (Lipinski definition) is 4. The van der Waals surface area contributed by atoms with Crippen LogP contribution >= 0.6 is 82.3 Å². The molecule has 0 radical (unpaired) electrons. The summed E-state index contributed by atoms with van der Waals surface area (Å²) in [5.41, 5.74) is 1.37. The summed E-state index contributed by atoms with van der Waals surface area (Å²) in [5.74, 6) is 8.49. The summed E-state index contributed by atoms with van der Waals surface area (Å²) >= 11 is 9.39. The lowest BCUT2D eigenvalue weighted by Crippen LogP contribution is -2.24. The molecule has 0 rings (SSSR count). The summed E-state index contributed by atoms with van der Waals surface area (Å²) in [6.45, 7) is -0.115. The van der Waals surface area contributed by atoms with Crippen LogP contribution < -0.4 is 10.6 Å². The van der Waals surface area contributed by atoms with Crippen LogP contribution in [-0.4, -0.2) is 133 Å². The molecule has 40 heavy (non-hydrogen) atoms. The van der Waals surface area contributed by atoms with Gasteiger partial charge < -0.3 is 35.0 Å². The first-order chi connectivity index (χ1) is 19.6. The molecule has 4 N–H and O–H groups in total. The van der Waals surface area contributed by atoms with Crippen LogP contribution in [0.5, 0.6) is 0 Å². The molecular weight excluding hydrogens is 681 g/mol. The maximum Gasteiger partial charge on any atom is 0.408 e. The van der Waals surface area contributed by atoms with Crippen molar-refractivity contribution >= 4 is 117 Å². The molecule has 0 aliphatic rings. The van der Waals surface area contributed by atoms with Crippen LogP contribution in [0.15, 0.2) is 9.98 Å². The fourth-order valence-electron chi connectivity index (χ4n) is 1.82. The number of nitrogens with one attached hydrogen (secondary N) is 2. The molecule has 0 heterocycles. The highest BCUT2D eigenvalue weighted by Crippen LogP contribution is 2.10. The number of thioether (sulfide) groups is 7. The molecule has 0 aliphatic carbocycles. The van der Waals surface area contributed by atoms with Crippen LogP contribution in [-0.2, 0) is 25.7 Å². The molecule has 0 aromatic carbocycles. The second kappa shape index (κ2) is 34.0. The highest BCUT2D eigenvalue weighted by Gasteiger charge is 2.02. The van der Waals surface area contributed by atoms with Crippen molar-refractivity contribution < 1.29 is 38.9 Å². The van der Waals surface area contributed by atoms with Crippen LogP contribution in [0.2, 0.25) is 0 Å². The number of alkyl carbamates (subject to hydrolysis) is 1. The molecule has 0 spiro atoms. The fourth-order valence-corrected chi connectivity index (χ4v) is 7.70. The highest BCUT2D eigenvalue weighted by atomic mass is 32.2. The van der Waals surface area contributed by atoms with Crippen molar-refractivity contribution in [3.63, 3.8) is 0 Å². The minimum absolute atomic E-state index is 0.00369. The zero-order chi connectivity index (χ0) is 29.4. The van der Waals surface area contributed by atoms with Crippen LogP contribution in [0.3, 0.4) is 0 Å². The number of aliphatic hydroxyl groups excluding tert-OH is 2. The van der Waals surface area contributed by atoms with Crippen molar-refractivity contribution in [1.29, 1.82) is 0 Å². The van der Waals surface area contributed by atoms with E-state index in [1.807, 2.05) is 0 Å². The average molecular weight is 719 g/mol. The lowest BCUT2D eigenvalue weighted by atomic mass is 10.9. The Labute approximate surface area is 269 Å². The van der Waals surface area contributed by atoms with Gasteiger partial charge in [-0.2, -0.15) is 4.89 Å². The molecule has 0 fully saturated rings. The Balaban J connectivity index is 3.29. The first-order valence-corrected chi connectivity index (χ1v) is 21.0. The molecule has 234 valence electrons. The Bertz CT molecular complexity index is 662. The minimum atomic E-state index is -1.20. The third-order valence-electron chi connectivity index (χ3n) is 3.48. The van der Waals surface area contributed by atoms with Gasteiger partial charge in [0.05, 0.1) is 36.7 Å². The SMILES string of the molecule is O=C(NCSCCSC/N=C/[S+]([O-])CCO)OCSCCSCOO/C=N\CSCCSCNC(=O)SCCO. The molecule has 0 aromatic heterocycles. The number of aliphatic hydroxyl groups is 2. The Hall–Kier alpha value is 0.520. The van der Waals surface area contributed by atoms with E-state index in [1.54, 1.807) is 58.8 Å². The van der Waals surface area contributed by atoms with Crippen molar-refractivity contribution in [3.05, 3.63) is 0 Å². The minimum Gasteiger partial charge on any atom is -0.611 e. The lowest BCUT2D eigenvalue weighted by molar-refractivity contribution is -0.196. The average Bonchev–Trinajstić information content (AvgIpc) is 2.94. The maximum atomic E-state index is 11.6. The van der Waals surface area contributed by atoms with Gasteiger partial charge in [0.2, 0.25) is 11.9 Å². The number of amides is 2. The van der Waals surface area contributed by atoms with Gasteiger partial charge in [-0.25, -0.2) is 14.8 Å². The van der Waals surface area contributed by atoms with Gasteiger partial charge in [-0.15, -0.1) is 70.6 Å². The van der Waals surface area contributed by atoms with Crippen molar-refractivity contribution in [2.45, 2.75) is 0 Å². The quantitative estimate of drug-likeness (QED) is 0.0177. The van der Waals surface area contributed by atoms with Gasteiger partial charge in [-0.05, 0) is 11.2 Å². The number of rotatable bonds is 28. The number of carbonyl (C=O) groups excluding carboxylic acids is 2. The normalized spacial score (nSPS) is 12.2. The van der Waals surface area contributed by atoms with Gasteiger partial charge in [0.1, 0.15) is 17.6 Å². The number of hydrogen-bond acceptors (Lipinski definition) is 17. The van der Waals surface area contributed by atoms with Crippen LogP contribution in [0, 0.1) is 0 Å². The predicted octanol–water partition coefficient (Wildman–Crippen LogP) is 3.04. The third kappa shape index (κ3) is 33.0. The maximum absolute atomic E-state index is 11.6. The van der Waals surface area contributed by atoms with Gasteiger partial charge in [-0.3, -0.25) is 4.79 Å². The van der Waals surface area contributed by atoms with E-state index in [1.165, 1.54) is 23.7 Å². The largest absolute Gasteiger partial charge is 0.611 e. The predicted molar refractivity (Wildman–Crippen MR) is 181 cm³/mol. The van der Waals surface area contributed by atoms with Crippen LogP contribution in [0.1, 0.15) is 0 Å². The first kappa shape index (κ1) is 40.5. The van der Waals surface area contributed by atoms with E-state index in [0.29, 0.717) is 35.2 Å². The summed E-state index contributed by atoms with van der Waals surface area (Å²) in [6.07, 6.45) is 0.834. The monoisotopic (exact) mass is 718 g/mol. The molecule has 12 nitrogen and oxygen atoms in total. The fraction of sp³-hybridized carbons (Fsp3) is 0.800. The van der Waals surface area contributed by atoms with Crippen molar-refractivity contribution in [3.8, 4) is 0 Å². The summed E-state index contributed by atoms with van der Waals surface area (Å²) in [5, 5.41) is 22.6. The molecule has 0 aromatic rings. The van der Waals surface area contributed by atoms with E-state index in [-0.39, 0.29) is 30.1 Å². The Kier molecular flexibility index (Phi) is 34.5. The van der Waals surface area contributed by atoms with Crippen molar-refractivity contribution in [2.24, 2.45) is 9.98 Å². The van der Waals surface area contributed by atoms with E-state index >= 15 is 0 Å². The van der Waals surface area contributed by atoms with Crippen molar-refractivity contribution in [2.75, 3.05) is 94.6 Å². The topological polar surface area (TPSA) is 174 Å². The Morgan fingerprint density at radius 2 is 1.43 bits per heavy atom. The number of carbonyl (C=O) groups is 2. The van der Waals surface area contributed by atoms with E-state index in [2.05, 4.69) is 20.6 Å². The molecule has 0 aliphatic heterocycles. The highest BCUT2D eigenvalue weighted by molar-refractivity contribution is 8.13. The third-order valence-corrected chi connectivity index (χ3v) is 10.9. The van der Waals surface area contributed by atoms with E-state index < -0.39 is 17.3 Å². The summed E-state index contributed by atoms with van der Waals surface area (Å²) < 4.78 is 16.4. The number of nitrogens with zero attached hydrogens (tertiary/aromatic N) is 2. The second-order valence-electron chi connectivity index (χ2n) is 6.48. The van der Waals surface area contributed by atoms with Gasteiger partial charge in [-0.1, -0.05) is 11.8 Å². The van der Waals surface area contributed by atoms with Gasteiger partial charge in [0.25, 0.3) is 5.24 Å². The standard InChI is InChI=1S/C20H38N4O8S8/c25-1-3-39-20(28)24-15-36-7-4-33-12-21-11-31-32-18-38-9-8-37-17-30-19(27)23-14-35-6-5-34-13-22-16-40(29)10-2-26/h11,16,25-26H,1-10,12-15,17-18H2,(H,23,27)(H,24,28)/b21-11-,22-16+. The van der Waals surface area contributed by atoms with E-state index in [9.17, 15) is 14.1 Å². The smallest absolute Gasteiger partial charge is 0.408 e. The number of ether oxygens (including phenoxy) is 1. The molecule has 0 bridgehead atoms. The van der Waals surface area contributed by atoms with Gasteiger partial charge >= 0.3 is 6.09 Å². The molecule has 1 unspecified atom stereocenters. The molecule has 20 heteroatoms. The lowest BCUT2D eigenvalue weighted by Gasteiger charge is -2.06. The molecule has 2 amide bonds. The summed E-state index contributed by atoms with van der Waals surface area (Å²) in [4.78, 5) is 41.0. The summed E-state index contributed by atoms with van der Waals surface area (Å²) in [7, 11) is 0. The summed E-state index contributed by atoms with van der Waals surface area (Å²) in [6, 6.07) is 0. The van der Waals surface area contributed by atoms with E-state index in [4.69, 9.17) is 24.7 Å². The second-order valence-corrected chi connectivity index (χ2v) is 15.4. The van der Waals surface area contributed by atoms with Crippen LogP contribution in [0.25, 0.3) is 0 Å². The van der Waals surface area contributed by atoms with Crippen LogP contribution in [0.4, 0.5) is 9.59 Å². The Morgan fingerprint density at radius 3 is 2.12 bits per heavy atom. The molecule has 1 atom stereocenters.